The molecule has 0 bridgehead atoms. The van der Waals surface area contributed by atoms with E-state index in [0.717, 1.165) is 35.5 Å². The van der Waals surface area contributed by atoms with Crippen LogP contribution < -0.4 is 9.64 Å². The van der Waals surface area contributed by atoms with Gasteiger partial charge in [-0.15, -0.1) is 11.3 Å². The zero-order chi connectivity index (χ0) is 14.8. The first-order valence-electron chi connectivity index (χ1n) is 7.22. The van der Waals surface area contributed by atoms with Crippen molar-refractivity contribution in [2.24, 2.45) is 5.92 Å². The highest BCUT2D eigenvalue weighted by Crippen LogP contribution is 2.30. The predicted molar refractivity (Wildman–Crippen MR) is 85.3 cm³/mol. The Labute approximate surface area is 131 Å². The highest BCUT2D eigenvalue weighted by Gasteiger charge is 2.25. The molecule has 0 amide bonds. The summed E-state index contributed by atoms with van der Waals surface area (Å²) < 4.78 is 5.72. The summed E-state index contributed by atoms with van der Waals surface area (Å²) >= 11 is 1.65. The van der Waals surface area contributed by atoms with Gasteiger partial charge in [0.05, 0.1) is 18.2 Å². The molecular weight excluding hydrogens is 298 g/mol. The maximum absolute atomic E-state index is 5.72. The average Bonchev–Trinajstić information content (AvgIpc) is 3.22. The van der Waals surface area contributed by atoms with Gasteiger partial charge in [0.1, 0.15) is 17.0 Å². The lowest BCUT2D eigenvalue weighted by atomic mass is 10.1. The monoisotopic (exact) mass is 313 g/mol. The van der Waals surface area contributed by atoms with Gasteiger partial charge in [-0.25, -0.2) is 15.0 Å². The molecule has 1 atom stereocenters. The summed E-state index contributed by atoms with van der Waals surface area (Å²) in [6, 6.07) is 2.10. The summed E-state index contributed by atoms with van der Waals surface area (Å²) in [5.74, 6) is 2.10. The van der Waals surface area contributed by atoms with Crippen molar-refractivity contribution in [3.05, 3.63) is 36.4 Å². The molecule has 6 nitrogen and oxygen atoms in total. The zero-order valence-electron chi connectivity index (χ0n) is 11.9. The van der Waals surface area contributed by atoms with Gasteiger partial charge in [-0.1, -0.05) is 0 Å². The van der Waals surface area contributed by atoms with E-state index in [-0.39, 0.29) is 0 Å². The smallest absolute Gasteiger partial charge is 0.232 e. The van der Waals surface area contributed by atoms with Crippen molar-refractivity contribution in [1.29, 1.82) is 0 Å². The maximum Gasteiger partial charge on any atom is 0.232 e. The Hall–Kier alpha value is -2.28. The number of nitrogens with zero attached hydrogens (tertiary/aromatic N) is 5. The summed E-state index contributed by atoms with van der Waals surface area (Å²) in [5, 5.41) is 3.20. The van der Waals surface area contributed by atoms with Crippen molar-refractivity contribution >= 4 is 27.4 Å². The molecule has 1 unspecified atom stereocenters. The lowest BCUT2D eigenvalue weighted by Crippen LogP contribution is -2.23. The van der Waals surface area contributed by atoms with Gasteiger partial charge in [0.25, 0.3) is 0 Å². The summed E-state index contributed by atoms with van der Waals surface area (Å²) in [5.41, 5.74) is 0. The third-order valence-electron chi connectivity index (χ3n) is 3.83. The molecule has 0 aliphatic carbocycles. The van der Waals surface area contributed by atoms with Crippen LogP contribution in [-0.4, -0.2) is 39.6 Å². The molecule has 4 rings (SSSR count). The Morgan fingerprint density at radius 2 is 2.27 bits per heavy atom. The maximum atomic E-state index is 5.72. The predicted octanol–water partition coefficient (Wildman–Crippen LogP) is 2.39. The van der Waals surface area contributed by atoms with Gasteiger partial charge in [-0.3, -0.25) is 4.98 Å². The van der Waals surface area contributed by atoms with Gasteiger partial charge in [0.2, 0.25) is 5.88 Å². The SMILES string of the molecule is c1cnc(OCC2CCN(c3ncnc4sccc34)C2)cn1. The van der Waals surface area contributed by atoms with Crippen LogP contribution in [0.4, 0.5) is 5.82 Å². The Morgan fingerprint density at radius 1 is 1.27 bits per heavy atom. The van der Waals surface area contributed by atoms with Crippen molar-refractivity contribution in [3.63, 3.8) is 0 Å². The molecule has 1 saturated heterocycles. The molecule has 1 aliphatic rings. The van der Waals surface area contributed by atoms with Gasteiger partial charge < -0.3 is 9.64 Å². The van der Waals surface area contributed by atoms with E-state index in [1.807, 2.05) is 0 Å². The van der Waals surface area contributed by atoms with Crippen LogP contribution in [0, 0.1) is 5.92 Å². The van der Waals surface area contributed by atoms with Crippen molar-refractivity contribution in [2.45, 2.75) is 6.42 Å². The molecule has 3 aromatic rings. The third kappa shape index (κ3) is 2.59. The fourth-order valence-electron chi connectivity index (χ4n) is 2.75. The Balaban J connectivity index is 1.43. The van der Waals surface area contributed by atoms with Gasteiger partial charge >= 0.3 is 0 Å². The van der Waals surface area contributed by atoms with Crippen LogP contribution in [0.3, 0.4) is 0 Å². The van der Waals surface area contributed by atoms with Gasteiger partial charge in [-0.05, 0) is 17.9 Å². The molecule has 7 heteroatoms. The van der Waals surface area contributed by atoms with E-state index in [0.29, 0.717) is 18.4 Å². The van der Waals surface area contributed by atoms with E-state index in [9.17, 15) is 0 Å². The normalized spacial score (nSPS) is 18.0. The second kappa shape index (κ2) is 5.84. The lowest BCUT2D eigenvalue weighted by molar-refractivity contribution is 0.251. The fraction of sp³-hybridized carbons (Fsp3) is 0.333. The minimum atomic E-state index is 0.477. The highest BCUT2D eigenvalue weighted by molar-refractivity contribution is 7.16. The molecule has 1 fully saturated rings. The number of anilines is 1. The fourth-order valence-corrected chi connectivity index (χ4v) is 3.48. The molecule has 1 aliphatic heterocycles. The molecule has 3 aromatic heterocycles. The largest absolute Gasteiger partial charge is 0.476 e. The van der Waals surface area contributed by atoms with Crippen molar-refractivity contribution in [2.75, 3.05) is 24.6 Å². The van der Waals surface area contributed by atoms with Gasteiger partial charge in [0.15, 0.2) is 0 Å². The highest BCUT2D eigenvalue weighted by atomic mass is 32.1. The van der Waals surface area contributed by atoms with E-state index in [4.69, 9.17) is 4.74 Å². The van der Waals surface area contributed by atoms with E-state index in [1.165, 1.54) is 0 Å². The van der Waals surface area contributed by atoms with Crippen LogP contribution in [0.1, 0.15) is 6.42 Å². The first-order chi connectivity index (χ1) is 10.9. The van der Waals surface area contributed by atoms with E-state index in [2.05, 4.69) is 36.3 Å². The van der Waals surface area contributed by atoms with Crippen molar-refractivity contribution in [1.82, 2.24) is 19.9 Å². The number of rotatable bonds is 4. The van der Waals surface area contributed by atoms with Gasteiger partial charge in [-0.2, -0.15) is 0 Å². The quantitative estimate of drug-likeness (QED) is 0.737. The Bertz CT molecular complexity index is 763. The molecule has 0 N–H and O–H groups in total. The van der Waals surface area contributed by atoms with E-state index < -0.39 is 0 Å². The zero-order valence-corrected chi connectivity index (χ0v) is 12.7. The summed E-state index contributed by atoms with van der Waals surface area (Å²) in [7, 11) is 0. The summed E-state index contributed by atoms with van der Waals surface area (Å²) in [6.45, 7) is 2.60. The minimum absolute atomic E-state index is 0.477. The van der Waals surface area contributed by atoms with E-state index in [1.54, 1.807) is 36.3 Å². The van der Waals surface area contributed by atoms with Crippen molar-refractivity contribution in [3.8, 4) is 5.88 Å². The molecule has 0 spiro atoms. The molecule has 0 saturated carbocycles. The Morgan fingerprint density at radius 3 is 3.18 bits per heavy atom. The molecular formula is C15H15N5OS. The minimum Gasteiger partial charge on any atom is -0.476 e. The number of aromatic nitrogens is 4. The topological polar surface area (TPSA) is 64.0 Å². The second-order valence-corrected chi connectivity index (χ2v) is 6.19. The Kier molecular flexibility index (Phi) is 3.56. The number of hydrogen-bond acceptors (Lipinski definition) is 7. The molecule has 4 heterocycles. The summed E-state index contributed by atoms with van der Waals surface area (Å²) in [6.07, 6.45) is 7.68. The summed E-state index contributed by atoms with van der Waals surface area (Å²) in [4.78, 5) is 20.3. The van der Waals surface area contributed by atoms with Crippen LogP contribution >= 0.6 is 11.3 Å². The number of fused-ring (bicyclic) bond motifs is 1. The lowest BCUT2D eigenvalue weighted by Gasteiger charge is -2.18. The van der Waals surface area contributed by atoms with Crippen molar-refractivity contribution < 1.29 is 4.74 Å². The molecule has 22 heavy (non-hydrogen) atoms. The van der Waals surface area contributed by atoms with Gasteiger partial charge in [0, 0.05) is 31.4 Å². The first kappa shape index (κ1) is 13.4. The molecule has 112 valence electrons. The number of hydrogen-bond donors (Lipinski definition) is 0. The molecule has 0 radical (unpaired) electrons. The van der Waals surface area contributed by atoms with Crippen LogP contribution in [0.15, 0.2) is 36.4 Å². The number of thiophene rings is 1. The average molecular weight is 313 g/mol. The van der Waals surface area contributed by atoms with Crippen LogP contribution in [-0.2, 0) is 0 Å². The number of ether oxygens (including phenoxy) is 1. The first-order valence-corrected chi connectivity index (χ1v) is 8.10. The third-order valence-corrected chi connectivity index (χ3v) is 4.65. The second-order valence-electron chi connectivity index (χ2n) is 5.29. The standard InChI is InChI=1S/C15H15N5OS/c1-5-20(14-12-2-6-22-15(12)19-10-18-14)8-11(1)9-21-13-7-16-3-4-17-13/h2-4,6-7,10-11H,1,5,8-9H2. The van der Waals surface area contributed by atoms with Crippen LogP contribution in [0.5, 0.6) is 5.88 Å². The molecule has 0 aromatic carbocycles. The van der Waals surface area contributed by atoms with Crippen LogP contribution in [0.25, 0.3) is 10.2 Å². The van der Waals surface area contributed by atoms with Crippen LogP contribution in [0.2, 0.25) is 0 Å². The van der Waals surface area contributed by atoms with E-state index >= 15 is 0 Å².